The summed E-state index contributed by atoms with van der Waals surface area (Å²) in [4.78, 5) is 43.6. The second-order valence-electron chi connectivity index (χ2n) is 11.0. The summed E-state index contributed by atoms with van der Waals surface area (Å²) < 4.78 is 13.2. The van der Waals surface area contributed by atoms with Gasteiger partial charge in [-0.1, -0.05) is 65.8 Å². The predicted molar refractivity (Wildman–Crippen MR) is 174 cm³/mol. The molecule has 1 N–H and O–H groups in total. The lowest BCUT2D eigenvalue weighted by atomic mass is 9.95. The number of thiophene rings is 1. The highest BCUT2D eigenvalue weighted by molar-refractivity contribution is 7.79. The van der Waals surface area contributed by atoms with Crippen LogP contribution >= 0.6 is 24.0 Å². The van der Waals surface area contributed by atoms with Crippen molar-refractivity contribution in [1.82, 2.24) is 19.3 Å². The predicted octanol–water partition coefficient (Wildman–Crippen LogP) is 5.45. The SMILES string of the molecule is COc1ccc(C2(Cn3c(=O)c4cc(CS)sc4n(Cc4ccc(-c5ccccc5-c5noc(=O)[nH]5)cc4)c3=O)CC2)cc1. The largest absolute Gasteiger partial charge is 0.497 e. The molecule has 6 aromatic rings. The average molecular weight is 625 g/mol. The zero-order valence-electron chi connectivity index (χ0n) is 23.8. The molecule has 1 aliphatic rings. The number of hydrogen-bond acceptors (Lipinski definition) is 8. The summed E-state index contributed by atoms with van der Waals surface area (Å²) in [6.45, 7) is 0.620. The van der Waals surface area contributed by atoms with E-state index in [2.05, 4.69) is 22.8 Å². The average Bonchev–Trinajstić information content (AvgIpc) is 3.50. The Morgan fingerprint density at radius 3 is 2.34 bits per heavy atom. The standard InChI is InChI=1S/C33H28N4O5S2/c1-41-23-12-10-22(11-13-23)33(14-15-33)19-37-29(38)27-16-24(18-43)44-30(27)36(32(37)40)17-20-6-8-21(9-7-20)25-4-2-3-5-26(25)28-34-31(39)42-35-28/h2-13,16,43H,14-15,17-19H2,1H3,(H,34,35,39). The molecular weight excluding hydrogens is 597 g/mol. The van der Waals surface area contributed by atoms with E-state index < -0.39 is 5.76 Å². The third-order valence-corrected chi connectivity index (χ3v) is 10.1. The van der Waals surface area contributed by atoms with Gasteiger partial charge in [-0.15, -0.1) is 11.3 Å². The molecule has 11 heteroatoms. The Hall–Kier alpha value is -4.61. The second-order valence-corrected chi connectivity index (χ2v) is 12.5. The number of nitrogens with zero attached hydrogens (tertiary/aromatic N) is 3. The zero-order chi connectivity index (χ0) is 30.4. The number of thiol groups is 1. The molecule has 0 bridgehead atoms. The van der Waals surface area contributed by atoms with Crippen molar-refractivity contribution in [2.24, 2.45) is 0 Å². The molecule has 3 aromatic heterocycles. The number of rotatable bonds is 9. The highest BCUT2D eigenvalue weighted by atomic mass is 32.1. The molecule has 0 amide bonds. The Bertz CT molecular complexity index is 2170. The van der Waals surface area contributed by atoms with Gasteiger partial charge in [0.05, 0.1) is 19.0 Å². The Labute approximate surface area is 260 Å². The molecule has 7 rings (SSSR count). The Balaban J connectivity index is 1.26. The van der Waals surface area contributed by atoms with Crippen molar-refractivity contribution < 1.29 is 9.26 Å². The molecule has 222 valence electrons. The first kappa shape index (κ1) is 28.2. The summed E-state index contributed by atoms with van der Waals surface area (Å²) in [6.07, 6.45) is 1.81. The monoisotopic (exact) mass is 624 g/mol. The molecule has 44 heavy (non-hydrogen) atoms. The number of fused-ring (bicyclic) bond motifs is 1. The number of ether oxygens (including phenoxy) is 1. The number of benzene rings is 3. The fourth-order valence-corrected chi connectivity index (χ4v) is 7.09. The smallest absolute Gasteiger partial charge is 0.439 e. The van der Waals surface area contributed by atoms with Crippen molar-refractivity contribution in [2.75, 3.05) is 7.11 Å². The molecule has 9 nitrogen and oxygen atoms in total. The van der Waals surface area contributed by atoms with Gasteiger partial charge in [-0.05, 0) is 53.3 Å². The molecule has 3 heterocycles. The molecule has 0 unspecified atom stereocenters. The van der Waals surface area contributed by atoms with Crippen LogP contribution in [-0.4, -0.2) is 26.4 Å². The first-order chi connectivity index (χ1) is 21.4. The van der Waals surface area contributed by atoms with Crippen LogP contribution in [0.15, 0.2) is 97.8 Å². The van der Waals surface area contributed by atoms with Crippen molar-refractivity contribution in [3.05, 3.63) is 126 Å². The van der Waals surface area contributed by atoms with Gasteiger partial charge in [-0.2, -0.15) is 12.6 Å². The van der Waals surface area contributed by atoms with Gasteiger partial charge >= 0.3 is 11.4 Å². The molecule has 1 aliphatic carbocycles. The Morgan fingerprint density at radius 2 is 1.70 bits per heavy atom. The first-order valence-corrected chi connectivity index (χ1v) is 15.6. The summed E-state index contributed by atoms with van der Waals surface area (Å²) >= 11 is 5.87. The number of nitrogens with one attached hydrogen (secondary N) is 1. The van der Waals surface area contributed by atoms with E-state index in [0.29, 0.717) is 34.9 Å². The zero-order valence-corrected chi connectivity index (χ0v) is 25.5. The third-order valence-electron chi connectivity index (χ3n) is 8.35. The lowest BCUT2D eigenvalue weighted by Gasteiger charge is -2.19. The van der Waals surface area contributed by atoms with Gasteiger partial charge in [-0.25, -0.2) is 9.59 Å². The minimum Gasteiger partial charge on any atom is -0.497 e. The van der Waals surface area contributed by atoms with Crippen LogP contribution in [0.4, 0.5) is 0 Å². The Kier molecular flexibility index (Phi) is 7.14. The summed E-state index contributed by atoms with van der Waals surface area (Å²) in [7, 11) is 1.63. The lowest BCUT2D eigenvalue weighted by molar-refractivity contribution is 0.388. The molecule has 0 radical (unpaired) electrons. The maximum atomic E-state index is 14.1. The number of hydrogen-bond donors (Lipinski definition) is 2. The summed E-state index contributed by atoms with van der Waals surface area (Å²) in [5.74, 6) is 0.986. The quantitative estimate of drug-likeness (QED) is 0.207. The normalized spacial score (nSPS) is 13.8. The van der Waals surface area contributed by atoms with E-state index in [9.17, 15) is 14.4 Å². The van der Waals surface area contributed by atoms with Gasteiger partial charge in [0.25, 0.3) is 5.56 Å². The molecule has 0 spiro atoms. The van der Waals surface area contributed by atoms with Crippen molar-refractivity contribution >= 4 is 34.2 Å². The van der Waals surface area contributed by atoms with Crippen LogP contribution in [-0.2, 0) is 24.3 Å². The topological polar surface area (TPSA) is 112 Å². The van der Waals surface area contributed by atoms with Gasteiger partial charge in [0, 0.05) is 28.2 Å². The maximum Gasteiger partial charge on any atom is 0.439 e. The molecule has 0 saturated heterocycles. The van der Waals surface area contributed by atoms with E-state index >= 15 is 0 Å². The minimum atomic E-state index is -0.616. The minimum absolute atomic E-state index is 0.258. The van der Waals surface area contributed by atoms with Crippen LogP contribution in [0.3, 0.4) is 0 Å². The fraction of sp³-hybridized carbons (Fsp3) is 0.212. The van der Waals surface area contributed by atoms with Crippen LogP contribution in [0.25, 0.3) is 32.7 Å². The number of aromatic nitrogens is 4. The third kappa shape index (κ3) is 5.01. The van der Waals surface area contributed by atoms with Crippen LogP contribution in [0.5, 0.6) is 5.75 Å². The van der Waals surface area contributed by atoms with Crippen molar-refractivity contribution in [3.8, 4) is 28.3 Å². The highest BCUT2D eigenvalue weighted by Gasteiger charge is 2.45. The second kappa shape index (κ2) is 11.1. The lowest BCUT2D eigenvalue weighted by Crippen LogP contribution is -2.42. The van der Waals surface area contributed by atoms with E-state index in [4.69, 9.17) is 9.26 Å². The molecule has 0 atom stereocenters. The van der Waals surface area contributed by atoms with E-state index in [1.807, 2.05) is 78.9 Å². The van der Waals surface area contributed by atoms with Crippen molar-refractivity contribution in [2.45, 2.75) is 37.1 Å². The van der Waals surface area contributed by atoms with Gasteiger partial charge < -0.3 is 4.74 Å². The molecule has 0 aliphatic heterocycles. The van der Waals surface area contributed by atoms with E-state index in [0.717, 1.165) is 51.3 Å². The van der Waals surface area contributed by atoms with Crippen LogP contribution in [0, 0.1) is 0 Å². The van der Waals surface area contributed by atoms with Crippen LogP contribution in [0.1, 0.15) is 28.8 Å². The first-order valence-electron chi connectivity index (χ1n) is 14.2. The van der Waals surface area contributed by atoms with E-state index in [1.165, 1.54) is 15.9 Å². The van der Waals surface area contributed by atoms with Crippen molar-refractivity contribution in [1.29, 1.82) is 0 Å². The molecule has 1 saturated carbocycles. The molecular formula is C33H28N4O5S2. The van der Waals surface area contributed by atoms with Gasteiger partial charge in [0.15, 0.2) is 5.82 Å². The molecule has 1 fully saturated rings. The van der Waals surface area contributed by atoms with E-state index in [1.54, 1.807) is 11.7 Å². The van der Waals surface area contributed by atoms with E-state index in [-0.39, 0.29) is 16.7 Å². The van der Waals surface area contributed by atoms with Gasteiger partial charge in [0.2, 0.25) is 0 Å². The van der Waals surface area contributed by atoms with Crippen molar-refractivity contribution in [3.63, 3.8) is 0 Å². The maximum absolute atomic E-state index is 14.1. The number of methoxy groups -OCH3 is 1. The van der Waals surface area contributed by atoms with Gasteiger partial charge in [-0.3, -0.25) is 23.4 Å². The summed E-state index contributed by atoms with van der Waals surface area (Å²) in [6, 6.07) is 25.2. The summed E-state index contributed by atoms with van der Waals surface area (Å²) in [5.41, 5.74) is 3.70. The fourth-order valence-electron chi connectivity index (χ4n) is 5.80. The van der Waals surface area contributed by atoms with Crippen LogP contribution < -0.4 is 21.7 Å². The van der Waals surface area contributed by atoms with Crippen LogP contribution in [0.2, 0.25) is 0 Å². The number of aromatic amines is 1. The van der Waals surface area contributed by atoms with Gasteiger partial charge in [0.1, 0.15) is 10.6 Å². The summed E-state index contributed by atoms with van der Waals surface area (Å²) in [5, 5.41) is 4.38. The highest BCUT2D eigenvalue weighted by Crippen LogP contribution is 2.49. The Morgan fingerprint density at radius 1 is 0.977 bits per heavy atom. The number of H-pyrrole nitrogens is 1. The molecule has 3 aromatic carbocycles.